The van der Waals surface area contributed by atoms with Crippen LogP contribution in [-0.2, 0) is 0 Å². The van der Waals surface area contributed by atoms with Crippen molar-refractivity contribution in [2.45, 2.75) is 46.7 Å². The largest absolute Gasteiger partial charge is 0.393 e. The van der Waals surface area contributed by atoms with E-state index < -0.39 is 4.83 Å². The Bertz CT molecular complexity index is 2040. The van der Waals surface area contributed by atoms with Gasteiger partial charge in [0.1, 0.15) is 16.5 Å². The monoisotopic (exact) mass is 898 g/mol. The van der Waals surface area contributed by atoms with E-state index in [0.717, 1.165) is 83.9 Å². The van der Waals surface area contributed by atoms with Gasteiger partial charge >= 0.3 is 0 Å². The average Bonchev–Trinajstić information content (AvgIpc) is 3.67. The van der Waals surface area contributed by atoms with Crippen LogP contribution < -0.4 is 5.73 Å². The Kier molecular flexibility index (Phi) is 16.8. The first-order valence-electron chi connectivity index (χ1n) is 18.1. The summed E-state index contributed by atoms with van der Waals surface area (Å²) in [5, 5.41) is 2.50. The van der Waals surface area contributed by atoms with Crippen molar-refractivity contribution in [3.8, 4) is 21.8 Å². The third-order valence-corrected chi connectivity index (χ3v) is 13.0. The molecule has 0 spiro atoms. The van der Waals surface area contributed by atoms with Gasteiger partial charge in [-0.25, -0.2) is 33.7 Å². The maximum Gasteiger partial charge on any atom is 0.187 e. The number of nitrogens with zero attached hydrogens (tertiary/aromatic N) is 7. The number of likely N-dealkylation sites (tertiary alicyclic amines) is 2. The lowest BCUT2D eigenvalue weighted by atomic mass is 9.97. The molecule has 1 unspecified atom stereocenters. The molecule has 16 heteroatoms. The van der Waals surface area contributed by atoms with Gasteiger partial charge in [-0.1, -0.05) is 51.7 Å². The summed E-state index contributed by atoms with van der Waals surface area (Å²) in [6.07, 6.45) is 11.8. The number of thiocarbonyl (C=S) groups is 1. The Balaban J connectivity index is 0.000000179. The van der Waals surface area contributed by atoms with Crippen molar-refractivity contribution >= 4 is 73.8 Å². The molecule has 296 valence electrons. The zero-order chi connectivity index (χ0) is 40.2. The molecule has 0 aliphatic carbocycles. The van der Waals surface area contributed by atoms with Gasteiger partial charge < -0.3 is 15.5 Å². The average molecular weight is 900 g/mol. The fraction of sp³-hybridized carbons (Fsp3) is 0.375. The molecule has 2 fully saturated rings. The number of carbonyl (C=O) groups excluding carboxylic acids is 1. The second kappa shape index (κ2) is 21.5. The molecular formula is C40H45BrF2N8OS4. The first-order chi connectivity index (χ1) is 26.9. The van der Waals surface area contributed by atoms with Gasteiger partial charge in [0, 0.05) is 35.4 Å². The van der Waals surface area contributed by atoms with Crippen LogP contribution in [0.5, 0.6) is 0 Å². The minimum absolute atomic E-state index is 0.161. The van der Waals surface area contributed by atoms with Gasteiger partial charge in [-0.2, -0.15) is 0 Å². The number of alkyl halides is 1. The summed E-state index contributed by atoms with van der Waals surface area (Å²) in [5.41, 5.74) is 9.25. The van der Waals surface area contributed by atoms with Crippen LogP contribution in [0.15, 0.2) is 83.4 Å². The Labute approximate surface area is 353 Å². The zero-order valence-electron chi connectivity index (χ0n) is 31.7. The van der Waals surface area contributed by atoms with Gasteiger partial charge in [0.05, 0.1) is 32.0 Å². The molecule has 2 aliphatic rings. The number of rotatable bonds is 9. The SMILES string of the molecule is CN1CCC(C(N)=S)CC1.CSc1nccc(-c2sc(C3CCN(C)CC3)nc2-c2ccc(F)cc2)n1.CSc1nccc(C(Br)C(=O)c2ccc(F)cc2)n1. The van der Waals surface area contributed by atoms with E-state index in [9.17, 15) is 13.6 Å². The van der Waals surface area contributed by atoms with E-state index in [1.54, 1.807) is 41.9 Å². The predicted octanol–water partition coefficient (Wildman–Crippen LogP) is 9.21. The Hall–Kier alpha value is -3.25. The number of hydrogen-bond acceptors (Lipinski definition) is 12. The Morgan fingerprint density at radius 2 is 1.36 bits per heavy atom. The molecule has 7 rings (SSSR count). The summed E-state index contributed by atoms with van der Waals surface area (Å²) in [5.74, 6) is 0.213. The van der Waals surface area contributed by atoms with Crippen LogP contribution in [0.4, 0.5) is 8.78 Å². The van der Waals surface area contributed by atoms with Crippen LogP contribution in [0.3, 0.4) is 0 Å². The van der Waals surface area contributed by atoms with Crippen molar-refractivity contribution in [1.82, 2.24) is 34.7 Å². The molecule has 56 heavy (non-hydrogen) atoms. The van der Waals surface area contributed by atoms with Crippen molar-refractivity contribution in [3.63, 3.8) is 0 Å². The lowest BCUT2D eigenvalue weighted by molar-refractivity contribution is 0.0990. The summed E-state index contributed by atoms with van der Waals surface area (Å²) >= 11 is 12.9. The number of aromatic nitrogens is 5. The van der Waals surface area contributed by atoms with E-state index >= 15 is 0 Å². The number of piperidine rings is 2. The molecule has 0 saturated carbocycles. The maximum absolute atomic E-state index is 13.4. The number of Topliss-reactive ketones (excluding diaryl/α,β-unsaturated/α-hetero) is 1. The van der Waals surface area contributed by atoms with E-state index in [1.807, 2.05) is 18.6 Å². The molecule has 0 radical (unpaired) electrons. The molecule has 9 nitrogen and oxygen atoms in total. The second-order valence-electron chi connectivity index (χ2n) is 13.4. The fourth-order valence-corrected chi connectivity index (χ4v) is 8.79. The molecule has 0 bridgehead atoms. The number of benzene rings is 2. The molecular weight excluding hydrogens is 855 g/mol. The van der Waals surface area contributed by atoms with Gasteiger partial charge in [-0.15, -0.1) is 11.3 Å². The summed E-state index contributed by atoms with van der Waals surface area (Å²) in [7, 11) is 4.30. The summed E-state index contributed by atoms with van der Waals surface area (Å²) < 4.78 is 26.2. The number of thioether (sulfide) groups is 2. The first-order valence-corrected chi connectivity index (χ1v) is 22.7. The summed E-state index contributed by atoms with van der Waals surface area (Å²) in [4.78, 5) is 40.3. The van der Waals surface area contributed by atoms with Gasteiger partial charge in [-0.05, 0) is 139 Å². The van der Waals surface area contributed by atoms with Crippen molar-refractivity contribution < 1.29 is 13.6 Å². The van der Waals surface area contributed by atoms with E-state index in [2.05, 4.69) is 59.8 Å². The number of hydrogen-bond donors (Lipinski definition) is 1. The Morgan fingerprint density at radius 3 is 1.93 bits per heavy atom. The number of nitrogens with two attached hydrogens (primary N) is 1. The van der Waals surface area contributed by atoms with Crippen molar-refractivity contribution in [2.24, 2.45) is 11.7 Å². The Morgan fingerprint density at radius 1 is 0.821 bits per heavy atom. The molecule has 2 N–H and O–H groups in total. The maximum atomic E-state index is 13.4. The quantitative estimate of drug-likeness (QED) is 0.0501. The third kappa shape index (κ3) is 12.4. The van der Waals surface area contributed by atoms with Crippen LogP contribution in [0, 0.1) is 17.6 Å². The lowest BCUT2D eigenvalue weighted by Gasteiger charge is -2.27. The van der Waals surface area contributed by atoms with Crippen molar-refractivity contribution in [1.29, 1.82) is 0 Å². The van der Waals surface area contributed by atoms with Crippen molar-refractivity contribution in [2.75, 3.05) is 52.8 Å². The highest BCUT2D eigenvalue weighted by molar-refractivity contribution is 9.09. The standard InChI is InChI=1S/C20H21FN4S2.C13H10BrFN2OS.C7H14N2S/c1-25-11-8-14(9-12-25)19-24-17(13-3-5-15(21)6-4-13)18(27-19)16-7-10-22-20(23-16)26-2;1-19-13-16-7-6-10(17-13)11(14)12(18)8-2-4-9(15)5-3-8;1-9-4-2-6(3-5-9)7(8)10/h3-7,10,14H,8-9,11-12H2,1-2H3;2-7,11H,1H3;6H,2-5H2,1H3,(H2,8,10). The summed E-state index contributed by atoms with van der Waals surface area (Å²) in [6.45, 7) is 4.47. The highest BCUT2D eigenvalue weighted by Gasteiger charge is 2.25. The third-order valence-electron chi connectivity index (χ3n) is 9.45. The molecule has 2 aromatic carbocycles. The molecule has 2 saturated heterocycles. The van der Waals surface area contributed by atoms with E-state index in [-0.39, 0.29) is 17.4 Å². The van der Waals surface area contributed by atoms with Crippen LogP contribution in [0.2, 0.25) is 0 Å². The van der Waals surface area contributed by atoms with Gasteiger partial charge in [0.15, 0.2) is 16.1 Å². The van der Waals surface area contributed by atoms with Gasteiger partial charge in [-0.3, -0.25) is 4.79 Å². The number of ketones is 1. The van der Waals surface area contributed by atoms with Crippen LogP contribution in [0.1, 0.15) is 57.5 Å². The number of carbonyl (C=O) groups is 1. The topological polar surface area (TPSA) is 114 Å². The predicted molar refractivity (Wildman–Crippen MR) is 233 cm³/mol. The van der Waals surface area contributed by atoms with E-state index in [4.69, 9.17) is 22.9 Å². The van der Waals surface area contributed by atoms with Gasteiger partial charge in [0.2, 0.25) is 0 Å². The summed E-state index contributed by atoms with van der Waals surface area (Å²) in [6, 6.07) is 15.6. The van der Waals surface area contributed by atoms with Crippen molar-refractivity contribution in [3.05, 3.63) is 101 Å². The smallest absolute Gasteiger partial charge is 0.187 e. The normalized spacial score (nSPS) is 15.9. The molecule has 5 heterocycles. The molecule has 1 atom stereocenters. The second-order valence-corrected chi connectivity index (χ2v) is 17.4. The minimum Gasteiger partial charge on any atom is -0.393 e. The van der Waals surface area contributed by atoms with Crippen LogP contribution in [0.25, 0.3) is 21.8 Å². The van der Waals surface area contributed by atoms with E-state index in [1.165, 1.54) is 59.9 Å². The molecule has 0 amide bonds. The van der Waals surface area contributed by atoms with Crippen LogP contribution >= 0.6 is 63.0 Å². The highest BCUT2D eigenvalue weighted by atomic mass is 79.9. The molecule has 5 aromatic rings. The number of thiazole rings is 1. The highest BCUT2D eigenvalue weighted by Crippen LogP contribution is 2.41. The molecule has 3 aromatic heterocycles. The lowest BCUT2D eigenvalue weighted by Crippen LogP contribution is -2.35. The van der Waals surface area contributed by atoms with Crippen LogP contribution in [-0.4, -0.2) is 98.3 Å². The first kappa shape index (κ1) is 43.9. The minimum atomic E-state index is -0.563. The number of halogens is 3. The zero-order valence-corrected chi connectivity index (χ0v) is 36.6. The van der Waals surface area contributed by atoms with Gasteiger partial charge in [0.25, 0.3) is 0 Å². The van der Waals surface area contributed by atoms with E-state index in [0.29, 0.717) is 33.2 Å². The fourth-order valence-electron chi connectivity index (χ4n) is 6.09. The molecule has 2 aliphatic heterocycles.